The van der Waals surface area contributed by atoms with Gasteiger partial charge in [-0.05, 0) is 37.9 Å². The number of piperazine rings is 1. The lowest BCUT2D eigenvalue weighted by Crippen LogP contribution is -2.61. The average molecular weight is 270 g/mol. The van der Waals surface area contributed by atoms with Crippen molar-refractivity contribution in [1.82, 2.24) is 10.2 Å². The maximum Gasteiger partial charge on any atom is 0.0259 e. The molecule has 0 aromatic carbocycles. The van der Waals surface area contributed by atoms with Gasteiger partial charge in [0.2, 0.25) is 0 Å². The minimum absolute atomic E-state index is 0.363. The molecule has 0 aromatic heterocycles. The van der Waals surface area contributed by atoms with Crippen molar-refractivity contribution < 1.29 is 0 Å². The highest BCUT2D eigenvalue weighted by molar-refractivity contribution is 8.00. The fourth-order valence-corrected chi connectivity index (χ4v) is 4.44. The molecule has 0 aromatic rings. The number of hydrogen-bond acceptors (Lipinski definition) is 3. The zero-order valence-corrected chi connectivity index (χ0v) is 13.6. The van der Waals surface area contributed by atoms with Crippen LogP contribution >= 0.6 is 11.8 Å². The van der Waals surface area contributed by atoms with Crippen molar-refractivity contribution in [3.8, 4) is 0 Å². The van der Waals surface area contributed by atoms with Crippen LogP contribution in [-0.2, 0) is 0 Å². The Morgan fingerprint density at radius 3 is 2.67 bits per heavy atom. The molecule has 0 spiro atoms. The van der Waals surface area contributed by atoms with Crippen LogP contribution in [0.3, 0.4) is 0 Å². The van der Waals surface area contributed by atoms with Crippen molar-refractivity contribution in [3.05, 3.63) is 0 Å². The van der Waals surface area contributed by atoms with Gasteiger partial charge in [0.1, 0.15) is 0 Å². The third-order valence-corrected chi connectivity index (χ3v) is 6.11. The minimum Gasteiger partial charge on any atom is -0.311 e. The second-order valence-corrected chi connectivity index (χ2v) is 9.19. The fraction of sp³-hybridized carbons (Fsp3) is 1.00. The van der Waals surface area contributed by atoms with Crippen LogP contribution in [-0.4, -0.2) is 47.1 Å². The monoisotopic (exact) mass is 270 g/mol. The Morgan fingerprint density at radius 2 is 2.11 bits per heavy atom. The zero-order chi connectivity index (χ0) is 13.4. The molecule has 0 amide bonds. The van der Waals surface area contributed by atoms with Crippen LogP contribution in [0.5, 0.6) is 0 Å². The Morgan fingerprint density at radius 1 is 1.39 bits per heavy atom. The first-order valence-corrected chi connectivity index (χ1v) is 8.40. The predicted octanol–water partition coefficient (Wildman–Crippen LogP) is 2.98. The second kappa shape index (κ2) is 5.34. The summed E-state index contributed by atoms with van der Waals surface area (Å²) in [5.41, 5.74) is 0.363. The lowest BCUT2D eigenvalue weighted by Gasteiger charge is -2.46. The van der Waals surface area contributed by atoms with Gasteiger partial charge in [0.25, 0.3) is 0 Å². The molecule has 18 heavy (non-hydrogen) atoms. The smallest absolute Gasteiger partial charge is 0.0259 e. The van der Waals surface area contributed by atoms with Gasteiger partial charge in [-0.2, -0.15) is 11.8 Å². The molecular formula is C15H30N2S. The summed E-state index contributed by atoms with van der Waals surface area (Å²) < 4.78 is 0.508. The summed E-state index contributed by atoms with van der Waals surface area (Å²) in [6.07, 6.45) is 2.80. The highest BCUT2D eigenvalue weighted by Gasteiger charge is 2.37. The van der Waals surface area contributed by atoms with E-state index >= 15 is 0 Å². The van der Waals surface area contributed by atoms with E-state index in [9.17, 15) is 0 Å². The first-order valence-electron chi connectivity index (χ1n) is 7.42. The summed E-state index contributed by atoms with van der Waals surface area (Å²) in [6, 6.07) is 1.31. The lowest BCUT2D eigenvalue weighted by molar-refractivity contribution is 0.0860. The summed E-state index contributed by atoms with van der Waals surface area (Å²) in [5.74, 6) is 1.36. The van der Waals surface area contributed by atoms with Crippen LogP contribution in [0.1, 0.15) is 47.5 Å². The molecule has 2 rings (SSSR count). The molecule has 3 atom stereocenters. The number of hydrogen-bond donors (Lipinski definition) is 1. The largest absolute Gasteiger partial charge is 0.311 e. The summed E-state index contributed by atoms with van der Waals surface area (Å²) >= 11 is 2.19. The van der Waals surface area contributed by atoms with Gasteiger partial charge in [0, 0.05) is 36.5 Å². The normalized spacial score (nSPS) is 39.2. The van der Waals surface area contributed by atoms with Gasteiger partial charge in [0.05, 0.1) is 0 Å². The Labute approximate surface area is 117 Å². The third kappa shape index (κ3) is 3.43. The summed E-state index contributed by atoms with van der Waals surface area (Å²) in [4.78, 5) is 2.73. The molecular weight excluding hydrogens is 240 g/mol. The van der Waals surface area contributed by atoms with E-state index in [1.807, 2.05) is 0 Å². The molecule has 0 aliphatic carbocycles. The van der Waals surface area contributed by atoms with Crippen LogP contribution in [0.2, 0.25) is 0 Å². The van der Waals surface area contributed by atoms with Gasteiger partial charge in [-0.25, -0.2) is 0 Å². The van der Waals surface area contributed by atoms with Crippen molar-refractivity contribution >= 4 is 11.8 Å². The number of nitrogens with zero attached hydrogens (tertiary/aromatic N) is 1. The van der Waals surface area contributed by atoms with Gasteiger partial charge in [-0.3, -0.25) is 4.90 Å². The summed E-state index contributed by atoms with van der Waals surface area (Å²) in [6.45, 7) is 15.5. The van der Waals surface area contributed by atoms with Gasteiger partial charge in [-0.15, -0.1) is 0 Å². The molecule has 1 N–H and O–H groups in total. The van der Waals surface area contributed by atoms with E-state index in [0.717, 1.165) is 6.54 Å². The Kier molecular flexibility index (Phi) is 4.35. The Balaban J connectivity index is 1.97. The van der Waals surface area contributed by atoms with Gasteiger partial charge >= 0.3 is 0 Å². The fourth-order valence-electron chi connectivity index (χ4n) is 3.11. The highest BCUT2D eigenvalue weighted by atomic mass is 32.2. The minimum atomic E-state index is 0.363. The van der Waals surface area contributed by atoms with E-state index in [2.05, 4.69) is 56.6 Å². The highest BCUT2D eigenvalue weighted by Crippen LogP contribution is 2.39. The first-order chi connectivity index (χ1) is 8.30. The van der Waals surface area contributed by atoms with Crippen molar-refractivity contribution in [2.75, 3.05) is 25.4 Å². The molecule has 2 nitrogen and oxygen atoms in total. The maximum atomic E-state index is 3.73. The Bertz CT molecular complexity index is 279. The zero-order valence-electron chi connectivity index (χ0n) is 12.8. The second-order valence-electron chi connectivity index (χ2n) is 7.51. The molecule has 0 saturated carbocycles. The first kappa shape index (κ1) is 14.7. The molecule has 3 unspecified atom stereocenters. The summed E-state index contributed by atoms with van der Waals surface area (Å²) in [7, 11) is 0. The number of nitrogens with one attached hydrogen (secondary N) is 1. The van der Waals surface area contributed by atoms with Gasteiger partial charge < -0.3 is 5.32 Å². The van der Waals surface area contributed by atoms with Crippen LogP contribution < -0.4 is 5.32 Å². The molecule has 2 aliphatic rings. The standard InChI is InChI=1S/C15H30N2S/c1-12-9-16-13(14(2,3)4)10-17(12)11-15(5)7-6-8-18-15/h12-13,16H,6-11H2,1-5H3. The third-order valence-electron chi connectivity index (χ3n) is 4.58. The molecule has 3 heteroatoms. The van der Waals surface area contributed by atoms with E-state index in [1.54, 1.807) is 0 Å². The molecule has 0 radical (unpaired) electrons. The number of rotatable bonds is 2. The van der Waals surface area contributed by atoms with Crippen molar-refractivity contribution in [3.63, 3.8) is 0 Å². The molecule has 0 bridgehead atoms. The van der Waals surface area contributed by atoms with Crippen LogP contribution in [0.15, 0.2) is 0 Å². The van der Waals surface area contributed by atoms with Crippen LogP contribution in [0.25, 0.3) is 0 Å². The van der Waals surface area contributed by atoms with Gasteiger partial charge in [0.15, 0.2) is 0 Å². The average Bonchev–Trinajstić information content (AvgIpc) is 2.67. The predicted molar refractivity (Wildman–Crippen MR) is 82.4 cm³/mol. The van der Waals surface area contributed by atoms with Crippen molar-refractivity contribution in [1.29, 1.82) is 0 Å². The molecule has 2 heterocycles. The van der Waals surface area contributed by atoms with Crippen LogP contribution in [0.4, 0.5) is 0 Å². The van der Waals surface area contributed by atoms with Crippen molar-refractivity contribution in [2.45, 2.75) is 64.3 Å². The Hall–Kier alpha value is 0.270. The molecule has 2 saturated heterocycles. The van der Waals surface area contributed by atoms with E-state index in [4.69, 9.17) is 0 Å². The SMILES string of the molecule is CC1CNC(C(C)(C)C)CN1CC1(C)CCCS1. The molecule has 2 aliphatic heterocycles. The molecule has 106 valence electrons. The van der Waals surface area contributed by atoms with E-state index in [0.29, 0.717) is 22.2 Å². The van der Waals surface area contributed by atoms with E-state index < -0.39 is 0 Å². The van der Waals surface area contributed by atoms with E-state index in [1.165, 1.54) is 31.7 Å². The quantitative estimate of drug-likeness (QED) is 0.830. The topological polar surface area (TPSA) is 15.3 Å². The van der Waals surface area contributed by atoms with E-state index in [-0.39, 0.29) is 0 Å². The number of thioether (sulfide) groups is 1. The van der Waals surface area contributed by atoms with Crippen LogP contribution in [0, 0.1) is 5.41 Å². The van der Waals surface area contributed by atoms with Crippen molar-refractivity contribution in [2.24, 2.45) is 5.41 Å². The molecule has 2 fully saturated rings. The maximum absolute atomic E-state index is 3.73. The van der Waals surface area contributed by atoms with Gasteiger partial charge in [-0.1, -0.05) is 20.8 Å². The summed E-state index contributed by atoms with van der Waals surface area (Å²) in [5, 5.41) is 3.73. The lowest BCUT2D eigenvalue weighted by atomic mass is 9.84.